The monoisotopic (exact) mass is 343 g/mol. The van der Waals surface area contributed by atoms with E-state index in [-0.39, 0.29) is 9.37 Å². The topological polar surface area (TPSA) is 37.4 Å². The summed E-state index contributed by atoms with van der Waals surface area (Å²) in [4.78, 5) is -0.336. The Morgan fingerprint density at radius 3 is 2.28 bits per heavy atom. The fraction of sp³-hybridized carbons (Fsp3) is 0.400. The van der Waals surface area contributed by atoms with Gasteiger partial charge in [-0.3, -0.25) is 0 Å². The zero-order valence-corrected chi connectivity index (χ0v) is 11.4. The molecule has 0 spiro atoms. The molecule has 0 atom stereocenters. The van der Waals surface area contributed by atoms with Crippen LogP contribution in [0, 0.1) is 0 Å². The lowest BCUT2D eigenvalue weighted by Crippen LogP contribution is -2.42. The molecule has 3 nitrogen and oxygen atoms in total. The Hall–Kier alpha value is -0.600. The smallest absolute Gasteiger partial charge is 0.207 e. The Morgan fingerprint density at radius 1 is 1.22 bits per heavy atom. The molecular weight excluding hydrogens is 335 g/mol. The third kappa shape index (κ3) is 2.41. The number of benzene rings is 1. The zero-order chi connectivity index (χ0) is 13.6. The van der Waals surface area contributed by atoms with Crippen molar-refractivity contribution in [3.63, 3.8) is 0 Å². The second-order valence-electron chi connectivity index (χ2n) is 3.90. The fourth-order valence-electron chi connectivity index (χ4n) is 1.54. The van der Waals surface area contributed by atoms with E-state index in [2.05, 4.69) is 15.9 Å². The van der Waals surface area contributed by atoms with E-state index in [0.29, 0.717) is 19.2 Å². The van der Waals surface area contributed by atoms with Gasteiger partial charge in [0.15, 0.2) is 0 Å². The number of hydrogen-bond donors (Lipinski definition) is 0. The fourth-order valence-corrected chi connectivity index (χ4v) is 4.01. The van der Waals surface area contributed by atoms with Crippen molar-refractivity contribution in [2.24, 2.45) is 0 Å². The third-order valence-corrected chi connectivity index (χ3v) is 5.58. The first kappa shape index (κ1) is 13.8. The second-order valence-corrected chi connectivity index (χ2v) is 6.66. The summed E-state index contributed by atoms with van der Waals surface area (Å²) in [5.74, 6) is 0. The maximum absolute atomic E-state index is 12.6. The molecule has 1 fully saturated rings. The Balaban J connectivity index is 2.50. The van der Waals surface area contributed by atoms with Crippen molar-refractivity contribution < 1.29 is 21.6 Å². The van der Waals surface area contributed by atoms with Gasteiger partial charge >= 0.3 is 6.18 Å². The number of rotatable bonds is 2. The molecule has 0 amide bonds. The summed E-state index contributed by atoms with van der Waals surface area (Å²) in [6.45, 7) is 0.704. The van der Waals surface area contributed by atoms with Crippen LogP contribution in [-0.2, 0) is 16.2 Å². The van der Waals surface area contributed by atoms with Gasteiger partial charge in [0.1, 0.15) is 0 Å². The molecule has 0 radical (unpaired) electrons. The van der Waals surface area contributed by atoms with Gasteiger partial charge in [-0.25, -0.2) is 8.42 Å². The molecule has 18 heavy (non-hydrogen) atoms. The first-order chi connectivity index (χ1) is 8.23. The summed E-state index contributed by atoms with van der Waals surface area (Å²) in [6.07, 6.45) is -3.82. The number of sulfonamides is 1. The van der Waals surface area contributed by atoms with Crippen LogP contribution in [0.3, 0.4) is 0 Å². The Kier molecular flexibility index (Phi) is 3.46. The normalized spacial score (nSPS) is 17.6. The molecule has 0 saturated carbocycles. The van der Waals surface area contributed by atoms with Crippen LogP contribution in [0.5, 0.6) is 0 Å². The molecule has 1 heterocycles. The second kappa shape index (κ2) is 4.50. The molecule has 0 N–H and O–H groups in total. The highest BCUT2D eigenvalue weighted by atomic mass is 79.9. The van der Waals surface area contributed by atoms with Crippen LogP contribution < -0.4 is 0 Å². The minimum Gasteiger partial charge on any atom is -0.207 e. The van der Waals surface area contributed by atoms with E-state index in [1.54, 1.807) is 0 Å². The molecule has 1 aliphatic heterocycles. The minimum atomic E-state index is -4.56. The standard InChI is InChI=1S/C10H9BrF3NO2S/c11-8-3-2-7(10(12,13)14)6-9(8)18(16,17)15-4-1-5-15/h2-3,6H,1,4-5H2. The SMILES string of the molecule is O=S(=O)(c1cc(C(F)(F)F)ccc1Br)N1CCC1. The van der Waals surface area contributed by atoms with Crippen LogP contribution in [0.4, 0.5) is 13.2 Å². The summed E-state index contributed by atoms with van der Waals surface area (Å²) >= 11 is 2.98. The van der Waals surface area contributed by atoms with Crippen LogP contribution >= 0.6 is 15.9 Å². The maximum Gasteiger partial charge on any atom is 0.416 e. The van der Waals surface area contributed by atoms with Gasteiger partial charge in [0.05, 0.1) is 10.5 Å². The van der Waals surface area contributed by atoms with Crippen LogP contribution in [0.2, 0.25) is 0 Å². The molecule has 0 aromatic heterocycles. The van der Waals surface area contributed by atoms with Gasteiger partial charge in [-0.2, -0.15) is 17.5 Å². The van der Waals surface area contributed by atoms with E-state index in [4.69, 9.17) is 0 Å². The van der Waals surface area contributed by atoms with Gasteiger partial charge in [0, 0.05) is 17.6 Å². The highest BCUT2D eigenvalue weighted by Crippen LogP contribution is 2.35. The summed E-state index contributed by atoms with van der Waals surface area (Å²) in [5.41, 5.74) is -0.968. The van der Waals surface area contributed by atoms with Crippen molar-refractivity contribution in [1.29, 1.82) is 0 Å². The van der Waals surface area contributed by atoms with Crippen molar-refractivity contribution in [3.05, 3.63) is 28.2 Å². The van der Waals surface area contributed by atoms with Gasteiger partial charge in [0.25, 0.3) is 0 Å². The average molecular weight is 344 g/mol. The van der Waals surface area contributed by atoms with E-state index in [0.717, 1.165) is 22.9 Å². The lowest BCUT2D eigenvalue weighted by molar-refractivity contribution is -0.137. The van der Waals surface area contributed by atoms with E-state index >= 15 is 0 Å². The molecular formula is C10H9BrF3NO2S. The number of nitrogens with zero attached hydrogens (tertiary/aromatic N) is 1. The first-order valence-corrected chi connectivity index (χ1v) is 7.33. The van der Waals surface area contributed by atoms with Gasteiger partial charge < -0.3 is 0 Å². The average Bonchev–Trinajstić information content (AvgIpc) is 2.12. The molecule has 1 aromatic rings. The van der Waals surface area contributed by atoms with Gasteiger partial charge in [-0.05, 0) is 40.5 Å². The maximum atomic E-state index is 12.6. The van der Waals surface area contributed by atoms with Crippen LogP contribution in [-0.4, -0.2) is 25.8 Å². The minimum absolute atomic E-state index is 0.141. The molecule has 0 aliphatic carbocycles. The van der Waals surface area contributed by atoms with Crippen molar-refractivity contribution in [2.45, 2.75) is 17.5 Å². The van der Waals surface area contributed by atoms with Gasteiger partial charge in [-0.1, -0.05) is 0 Å². The predicted molar refractivity (Wildman–Crippen MR) is 62.5 cm³/mol. The van der Waals surface area contributed by atoms with E-state index in [1.807, 2.05) is 0 Å². The van der Waals surface area contributed by atoms with Crippen molar-refractivity contribution in [2.75, 3.05) is 13.1 Å². The first-order valence-electron chi connectivity index (χ1n) is 5.10. The third-order valence-electron chi connectivity index (χ3n) is 2.69. The predicted octanol–water partition coefficient (Wildman–Crippen LogP) is 2.86. The van der Waals surface area contributed by atoms with Crippen LogP contribution in [0.15, 0.2) is 27.6 Å². The molecule has 1 aromatic carbocycles. The Labute approximate surface area is 111 Å². The Bertz CT molecular complexity index is 567. The Morgan fingerprint density at radius 2 is 1.83 bits per heavy atom. The largest absolute Gasteiger partial charge is 0.416 e. The summed E-state index contributed by atoms with van der Waals surface area (Å²) < 4.78 is 63.1. The van der Waals surface area contributed by atoms with E-state index in [9.17, 15) is 21.6 Å². The van der Waals surface area contributed by atoms with Crippen molar-refractivity contribution in [3.8, 4) is 0 Å². The molecule has 8 heteroatoms. The molecule has 2 rings (SSSR count). The van der Waals surface area contributed by atoms with E-state index < -0.39 is 21.8 Å². The van der Waals surface area contributed by atoms with Gasteiger partial charge in [0.2, 0.25) is 10.0 Å². The summed E-state index contributed by atoms with van der Waals surface area (Å²) in [6, 6.07) is 2.62. The molecule has 100 valence electrons. The number of hydrogen-bond acceptors (Lipinski definition) is 2. The zero-order valence-electron chi connectivity index (χ0n) is 9.04. The van der Waals surface area contributed by atoms with Gasteiger partial charge in [-0.15, -0.1) is 0 Å². The molecule has 1 saturated heterocycles. The van der Waals surface area contributed by atoms with Crippen LogP contribution in [0.1, 0.15) is 12.0 Å². The summed E-state index contributed by atoms with van der Waals surface area (Å²) in [7, 11) is -3.83. The van der Waals surface area contributed by atoms with Crippen molar-refractivity contribution >= 4 is 26.0 Å². The highest BCUT2D eigenvalue weighted by Gasteiger charge is 2.35. The number of alkyl halides is 3. The lowest BCUT2D eigenvalue weighted by atomic mass is 10.2. The number of halogens is 4. The summed E-state index contributed by atoms with van der Waals surface area (Å²) in [5, 5.41) is 0. The lowest BCUT2D eigenvalue weighted by Gasteiger charge is -2.30. The quantitative estimate of drug-likeness (QED) is 0.827. The van der Waals surface area contributed by atoms with Crippen LogP contribution in [0.25, 0.3) is 0 Å². The van der Waals surface area contributed by atoms with E-state index in [1.165, 1.54) is 0 Å². The highest BCUT2D eigenvalue weighted by molar-refractivity contribution is 9.10. The molecule has 0 bridgehead atoms. The van der Waals surface area contributed by atoms with Crippen molar-refractivity contribution in [1.82, 2.24) is 4.31 Å². The molecule has 0 unspecified atom stereocenters. The molecule has 1 aliphatic rings.